The number of carbonyl (C=O) groups is 1. The molecule has 0 atom stereocenters. The maximum absolute atomic E-state index is 14.0. The van der Waals surface area contributed by atoms with Crippen molar-refractivity contribution in [1.29, 1.82) is 0 Å². The Morgan fingerprint density at radius 3 is 2.67 bits per heavy atom. The third kappa shape index (κ3) is 2.92. The van der Waals surface area contributed by atoms with E-state index in [4.69, 9.17) is 34.0 Å². The number of carboxylic acids is 1. The maximum atomic E-state index is 14.0. The van der Waals surface area contributed by atoms with E-state index in [1.165, 1.54) is 12.1 Å². The van der Waals surface area contributed by atoms with Crippen LogP contribution in [0.2, 0.25) is 10.0 Å². The standard InChI is InChI=1S/C13H9Cl2FN2O2S/c1-21-12-5(2-3-6(14)10(12)16)8-4-7(17)9(15)11(18-8)13(19)20/h2-4H,1H3,(H2,17,18)(H,19,20). The Labute approximate surface area is 134 Å². The minimum absolute atomic E-state index is 0.0245. The third-order valence-corrected chi connectivity index (χ3v) is 4.21. The van der Waals surface area contributed by atoms with Crippen LogP contribution in [0.25, 0.3) is 11.3 Å². The van der Waals surface area contributed by atoms with Crippen molar-refractivity contribution in [1.82, 2.24) is 4.98 Å². The number of rotatable bonds is 3. The molecule has 2 rings (SSSR count). The molecule has 1 aromatic heterocycles. The molecule has 1 heterocycles. The van der Waals surface area contributed by atoms with Crippen LogP contribution in [0.3, 0.4) is 0 Å². The molecule has 0 aliphatic heterocycles. The number of halogens is 3. The van der Waals surface area contributed by atoms with E-state index in [2.05, 4.69) is 4.98 Å². The van der Waals surface area contributed by atoms with Crippen LogP contribution in [0.5, 0.6) is 0 Å². The molecule has 0 fully saturated rings. The van der Waals surface area contributed by atoms with Crippen LogP contribution < -0.4 is 5.73 Å². The fourth-order valence-electron chi connectivity index (χ4n) is 1.76. The molecule has 0 saturated heterocycles. The fraction of sp³-hybridized carbons (Fsp3) is 0.0769. The van der Waals surface area contributed by atoms with Crippen molar-refractivity contribution in [3.05, 3.63) is 39.8 Å². The maximum Gasteiger partial charge on any atom is 0.356 e. The second-order valence-corrected chi connectivity index (χ2v) is 5.61. The number of nitrogens with zero attached hydrogens (tertiary/aromatic N) is 1. The van der Waals surface area contributed by atoms with Crippen LogP contribution in [0.15, 0.2) is 23.1 Å². The number of benzene rings is 1. The summed E-state index contributed by atoms with van der Waals surface area (Å²) in [6.45, 7) is 0. The Balaban J connectivity index is 2.74. The summed E-state index contributed by atoms with van der Waals surface area (Å²) in [5.41, 5.74) is 5.99. The van der Waals surface area contributed by atoms with Crippen LogP contribution in [0, 0.1) is 5.82 Å². The zero-order chi connectivity index (χ0) is 15.7. The second-order valence-electron chi connectivity index (χ2n) is 4.01. The van der Waals surface area contributed by atoms with Crippen LogP contribution in [-0.4, -0.2) is 22.3 Å². The van der Waals surface area contributed by atoms with Crippen LogP contribution >= 0.6 is 35.0 Å². The molecule has 0 radical (unpaired) electrons. The van der Waals surface area contributed by atoms with Gasteiger partial charge < -0.3 is 10.8 Å². The number of nitrogen functional groups attached to an aromatic ring is 1. The van der Waals surface area contributed by atoms with Gasteiger partial charge in [0.25, 0.3) is 0 Å². The van der Waals surface area contributed by atoms with Gasteiger partial charge in [0.2, 0.25) is 0 Å². The van der Waals surface area contributed by atoms with Gasteiger partial charge in [-0.1, -0.05) is 23.2 Å². The first-order chi connectivity index (χ1) is 9.86. The Kier molecular flexibility index (Phi) is 4.61. The molecule has 0 amide bonds. The van der Waals surface area contributed by atoms with E-state index in [0.29, 0.717) is 5.56 Å². The number of hydrogen-bond donors (Lipinski definition) is 2. The molecule has 0 saturated carbocycles. The summed E-state index contributed by atoms with van der Waals surface area (Å²) >= 11 is 12.7. The van der Waals surface area contributed by atoms with Crippen LogP contribution in [0.4, 0.5) is 10.1 Å². The molecule has 2 aromatic rings. The molecule has 3 N–H and O–H groups in total. The van der Waals surface area contributed by atoms with Crippen LogP contribution in [-0.2, 0) is 0 Å². The van der Waals surface area contributed by atoms with Gasteiger partial charge in [-0.25, -0.2) is 14.2 Å². The van der Waals surface area contributed by atoms with Gasteiger partial charge in [0, 0.05) is 5.56 Å². The normalized spacial score (nSPS) is 10.7. The summed E-state index contributed by atoms with van der Waals surface area (Å²) < 4.78 is 14.0. The lowest BCUT2D eigenvalue weighted by atomic mass is 10.1. The summed E-state index contributed by atoms with van der Waals surface area (Å²) in [6, 6.07) is 4.33. The number of nitrogens with two attached hydrogens (primary N) is 1. The van der Waals surface area contributed by atoms with Gasteiger partial charge in [-0.05, 0) is 24.5 Å². The molecule has 4 nitrogen and oxygen atoms in total. The number of aromatic carboxylic acids is 1. The highest BCUT2D eigenvalue weighted by molar-refractivity contribution is 7.98. The van der Waals surface area contributed by atoms with E-state index >= 15 is 0 Å². The Bertz CT molecular complexity index is 741. The molecule has 1 aromatic carbocycles. The summed E-state index contributed by atoms with van der Waals surface area (Å²) in [6.07, 6.45) is 1.68. The number of pyridine rings is 1. The van der Waals surface area contributed by atoms with Crippen molar-refractivity contribution in [2.24, 2.45) is 0 Å². The first-order valence-corrected chi connectivity index (χ1v) is 7.56. The van der Waals surface area contributed by atoms with Gasteiger partial charge in [0.05, 0.1) is 26.3 Å². The Morgan fingerprint density at radius 2 is 2.10 bits per heavy atom. The minimum atomic E-state index is -1.31. The quantitative estimate of drug-likeness (QED) is 0.814. The monoisotopic (exact) mass is 346 g/mol. The molecule has 0 unspecified atom stereocenters. The zero-order valence-corrected chi connectivity index (χ0v) is 13.0. The molecule has 110 valence electrons. The topological polar surface area (TPSA) is 76.2 Å². The first kappa shape index (κ1) is 15.9. The number of hydrogen-bond acceptors (Lipinski definition) is 4. The molecular formula is C13H9Cl2FN2O2S. The molecule has 0 spiro atoms. The zero-order valence-electron chi connectivity index (χ0n) is 10.7. The van der Waals surface area contributed by atoms with E-state index in [-0.39, 0.29) is 32.0 Å². The van der Waals surface area contributed by atoms with Crippen molar-refractivity contribution in [3.8, 4) is 11.3 Å². The minimum Gasteiger partial charge on any atom is -0.476 e. The Hall–Kier alpha value is -1.50. The molecule has 0 aliphatic rings. The van der Waals surface area contributed by atoms with Gasteiger partial charge in [-0.3, -0.25) is 0 Å². The van der Waals surface area contributed by atoms with E-state index in [1.54, 1.807) is 12.3 Å². The number of carboxylic acid groups (broad SMARTS) is 1. The van der Waals surface area contributed by atoms with Crippen molar-refractivity contribution >= 4 is 46.6 Å². The van der Waals surface area contributed by atoms with E-state index in [9.17, 15) is 9.18 Å². The van der Waals surface area contributed by atoms with E-state index in [1.807, 2.05) is 0 Å². The van der Waals surface area contributed by atoms with E-state index in [0.717, 1.165) is 11.8 Å². The lowest BCUT2D eigenvalue weighted by Gasteiger charge is -2.11. The second kappa shape index (κ2) is 6.09. The third-order valence-electron chi connectivity index (χ3n) is 2.72. The van der Waals surface area contributed by atoms with Crippen molar-refractivity contribution in [2.45, 2.75) is 4.90 Å². The predicted octanol–water partition coefficient (Wildman–Crippen LogP) is 4.20. The molecule has 21 heavy (non-hydrogen) atoms. The highest BCUT2D eigenvalue weighted by atomic mass is 35.5. The summed E-state index contributed by atoms with van der Waals surface area (Å²) in [7, 11) is 0. The number of anilines is 1. The molecular weight excluding hydrogens is 338 g/mol. The SMILES string of the molecule is CSc1c(-c2cc(N)c(Cl)c(C(=O)O)n2)ccc(Cl)c1F. The van der Waals surface area contributed by atoms with Gasteiger partial charge in [0.1, 0.15) is 0 Å². The summed E-state index contributed by atoms with van der Waals surface area (Å²) in [5, 5.41) is 8.91. The van der Waals surface area contributed by atoms with Gasteiger partial charge >= 0.3 is 5.97 Å². The Morgan fingerprint density at radius 1 is 1.43 bits per heavy atom. The van der Waals surface area contributed by atoms with Crippen LogP contribution in [0.1, 0.15) is 10.5 Å². The average molecular weight is 347 g/mol. The van der Waals surface area contributed by atoms with Crippen molar-refractivity contribution in [3.63, 3.8) is 0 Å². The first-order valence-electron chi connectivity index (χ1n) is 5.58. The number of thioether (sulfide) groups is 1. The van der Waals surface area contributed by atoms with Crippen molar-refractivity contribution < 1.29 is 14.3 Å². The molecule has 0 aliphatic carbocycles. The summed E-state index contributed by atoms with van der Waals surface area (Å²) in [4.78, 5) is 15.3. The van der Waals surface area contributed by atoms with Crippen molar-refractivity contribution in [2.75, 3.05) is 12.0 Å². The summed E-state index contributed by atoms with van der Waals surface area (Å²) in [5.74, 6) is -1.90. The largest absolute Gasteiger partial charge is 0.476 e. The average Bonchev–Trinajstić information content (AvgIpc) is 2.44. The van der Waals surface area contributed by atoms with Gasteiger partial charge in [-0.2, -0.15) is 0 Å². The number of aromatic nitrogens is 1. The lowest BCUT2D eigenvalue weighted by Crippen LogP contribution is -2.05. The highest BCUT2D eigenvalue weighted by Crippen LogP contribution is 2.37. The molecule has 8 heteroatoms. The predicted molar refractivity (Wildman–Crippen MR) is 82.8 cm³/mol. The highest BCUT2D eigenvalue weighted by Gasteiger charge is 2.19. The van der Waals surface area contributed by atoms with Gasteiger partial charge in [-0.15, -0.1) is 11.8 Å². The fourth-order valence-corrected chi connectivity index (χ4v) is 2.84. The van der Waals surface area contributed by atoms with Gasteiger partial charge in [0.15, 0.2) is 11.5 Å². The lowest BCUT2D eigenvalue weighted by molar-refractivity contribution is 0.0691. The molecule has 0 bridgehead atoms. The van der Waals surface area contributed by atoms with E-state index < -0.39 is 11.8 Å². The smallest absolute Gasteiger partial charge is 0.356 e.